The summed E-state index contributed by atoms with van der Waals surface area (Å²) >= 11 is 0. The van der Waals surface area contributed by atoms with Gasteiger partial charge in [-0.2, -0.15) is 0 Å². The molecule has 0 radical (unpaired) electrons. The van der Waals surface area contributed by atoms with Crippen molar-refractivity contribution in [2.45, 2.75) is 58.4 Å². The quantitative estimate of drug-likeness (QED) is 0.703. The zero-order valence-corrected chi connectivity index (χ0v) is 13.7. The van der Waals surface area contributed by atoms with Gasteiger partial charge in [0.2, 0.25) is 0 Å². The minimum Gasteiger partial charge on any atom is -0.268 e. The third-order valence-corrected chi connectivity index (χ3v) is 13.8. The first-order valence-corrected chi connectivity index (χ1v) is 13.3. The van der Waals surface area contributed by atoms with Crippen molar-refractivity contribution in [2.24, 2.45) is 0 Å². The molecule has 0 saturated heterocycles. The van der Waals surface area contributed by atoms with E-state index in [1.54, 1.807) is 0 Å². The Hall–Kier alpha value is 0.544. The molecule has 0 rings (SSSR count). The van der Waals surface area contributed by atoms with E-state index in [1.165, 1.54) is 0 Å². The molecule has 5 heteroatoms. The molecule has 0 N–H and O–H groups in total. The lowest BCUT2D eigenvalue weighted by molar-refractivity contribution is 0.657. The zero-order valence-electron chi connectivity index (χ0n) is 10.8. The van der Waals surface area contributed by atoms with E-state index in [0.717, 1.165) is 0 Å². The summed E-state index contributed by atoms with van der Waals surface area (Å²) < 4.78 is 14.6. The molecular formula is C9H25NOSSi2. The number of hydrogen-bond donors (Lipinski definition) is 0. The summed E-state index contributed by atoms with van der Waals surface area (Å²) in [5.41, 5.74) is 0. The Morgan fingerprint density at radius 2 is 1.21 bits per heavy atom. The fourth-order valence-electron chi connectivity index (χ4n) is 1.76. The first-order valence-electron chi connectivity index (χ1n) is 5.19. The van der Waals surface area contributed by atoms with Gasteiger partial charge in [0.05, 0.1) is 11.0 Å². The molecule has 0 aromatic heterocycles. The van der Waals surface area contributed by atoms with Crippen molar-refractivity contribution in [3.63, 3.8) is 0 Å². The molecular weight excluding hydrogens is 226 g/mol. The van der Waals surface area contributed by atoms with E-state index < -0.39 is 27.5 Å². The van der Waals surface area contributed by atoms with Crippen molar-refractivity contribution >= 4 is 27.5 Å². The van der Waals surface area contributed by atoms with Gasteiger partial charge in [0.1, 0.15) is 16.5 Å². The average molecular weight is 252 g/mol. The number of rotatable bonds is 4. The van der Waals surface area contributed by atoms with Crippen molar-refractivity contribution in [1.82, 2.24) is 3.64 Å². The Balaban J connectivity index is 5.05. The van der Waals surface area contributed by atoms with Gasteiger partial charge in [-0.3, -0.25) is 3.64 Å². The maximum Gasteiger partial charge on any atom is 0.126 e. The van der Waals surface area contributed by atoms with E-state index in [9.17, 15) is 4.21 Å². The van der Waals surface area contributed by atoms with Gasteiger partial charge in [-0.15, -0.1) is 0 Å². The molecule has 2 nitrogen and oxygen atoms in total. The standard InChI is InChI=1S/C9H25NOSSi2/c1-9(2)12(11)10(13(3,4)5)14(6,7)8/h9H,1-8H3/t12-/m0/s1. The fourth-order valence-corrected chi connectivity index (χ4v) is 15.8. The van der Waals surface area contributed by atoms with Crippen LogP contribution in [0.2, 0.25) is 39.3 Å². The van der Waals surface area contributed by atoms with Gasteiger partial charge in [-0.1, -0.05) is 39.3 Å². The Morgan fingerprint density at radius 3 is 1.29 bits per heavy atom. The third-order valence-electron chi connectivity index (χ3n) is 1.80. The Bertz CT molecular complexity index is 204. The molecule has 0 aliphatic heterocycles. The molecule has 0 aromatic carbocycles. The Morgan fingerprint density at radius 1 is 0.929 bits per heavy atom. The van der Waals surface area contributed by atoms with Crippen molar-refractivity contribution in [1.29, 1.82) is 0 Å². The summed E-state index contributed by atoms with van der Waals surface area (Å²) in [5.74, 6) is 0. The molecule has 0 bridgehead atoms. The van der Waals surface area contributed by atoms with Crippen molar-refractivity contribution in [2.75, 3.05) is 0 Å². The Kier molecular flexibility index (Phi) is 4.77. The lowest BCUT2D eigenvalue weighted by Crippen LogP contribution is -2.60. The van der Waals surface area contributed by atoms with Gasteiger partial charge in [0.15, 0.2) is 0 Å². The van der Waals surface area contributed by atoms with E-state index in [4.69, 9.17) is 0 Å². The van der Waals surface area contributed by atoms with Crippen LogP contribution in [0.3, 0.4) is 0 Å². The lowest BCUT2D eigenvalue weighted by Gasteiger charge is -2.42. The average Bonchev–Trinajstić information content (AvgIpc) is 1.79. The molecule has 0 aliphatic carbocycles. The van der Waals surface area contributed by atoms with Crippen LogP contribution >= 0.6 is 0 Å². The van der Waals surface area contributed by atoms with Crippen molar-refractivity contribution < 1.29 is 4.21 Å². The maximum absolute atomic E-state index is 12.2. The summed E-state index contributed by atoms with van der Waals surface area (Å²) in [7, 11) is -3.70. The second-order valence-corrected chi connectivity index (χ2v) is 18.5. The van der Waals surface area contributed by atoms with Gasteiger partial charge in [-0.25, -0.2) is 4.21 Å². The van der Waals surface area contributed by atoms with Crippen LogP contribution < -0.4 is 0 Å². The molecule has 0 fully saturated rings. The topological polar surface area (TPSA) is 20.3 Å². The SMILES string of the molecule is CC(C)[S@](=O)N([Si](C)(C)C)[Si](C)(C)C. The van der Waals surface area contributed by atoms with Crippen LogP contribution in [0.4, 0.5) is 0 Å². The molecule has 0 spiro atoms. The number of hydrogen-bond acceptors (Lipinski definition) is 1. The van der Waals surface area contributed by atoms with Crippen LogP contribution in [0.5, 0.6) is 0 Å². The molecule has 14 heavy (non-hydrogen) atoms. The highest BCUT2D eigenvalue weighted by molar-refractivity contribution is 7.86. The second kappa shape index (κ2) is 4.59. The summed E-state index contributed by atoms with van der Waals surface area (Å²) in [4.78, 5) is 0. The van der Waals surface area contributed by atoms with E-state index in [-0.39, 0.29) is 5.25 Å². The molecule has 0 saturated carbocycles. The monoisotopic (exact) mass is 251 g/mol. The van der Waals surface area contributed by atoms with Gasteiger partial charge >= 0.3 is 0 Å². The normalized spacial score (nSPS) is 16.4. The van der Waals surface area contributed by atoms with E-state index >= 15 is 0 Å². The van der Waals surface area contributed by atoms with E-state index in [0.29, 0.717) is 0 Å². The summed E-state index contributed by atoms with van der Waals surface area (Å²) in [6.45, 7) is 17.8. The van der Waals surface area contributed by atoms with Crippen molar-refractivity contribution in [3.05, 3.63) is 0 Å². The van der Waals surface area contributed by atoms with Crippen LogP contribution in [0.15, 0.2) is 0 Å². The predicted octanol–water partition coefficient (Wildman–Crippen LogP) is 3.03. The van der Waals surface area contributed by atoms with Gasteiger partial charge in [0, 0.05) is 5.25 Å². The summed E-state index contributed by atoms with van der Waals surface area (Å²) in [6.07, 6.45) is 0. The minimum atomic E-state index is -1.45. The molecule has 0 aromatic rings. The zero-order chi connectivity index (χ0) is 11.7. The minimum absolute atomic E-state index is 0.244. The largest absolute Gasteiger partial charge is 0.268 e. The number of nitrogens with zero attached hydrogens (tertiary/aromatic N) is 1. The molecule has 0 aliphatic rings. The van der Waals surface area contributed by atoms with Gasteiger partial charge < -0.3 is 0 Å². The molecule has 0 heterocycles. The van der Waals surface area contributed by atoms with Crippen molar-refractivity contribution in [3.8, 4) is 0 Å². The highest BCUT2D eigenvalue weighted by Gasteiger charge is 2.39. The highest BCUT2D eigenvalue weighted by atomic mass is 32.2. The second-order valence-electron chi connectivity index (χ2n) is 5.96. The summed E-state index contributed by atoms with van der Waals surface area (Å²) in [6, 6.07) is 0. The molecule has 86 valence electrons. The van der Waals surface area contributed by atoms with Crippen LogP contribution in [-0.4, -0.2) is 29.6 Å². The van der Waals surface area contributed by atoms with Crippen LogP contribution in [0.25, 0.3) is 0 Å². The predicted molar refractivity (Wildman–Crippen MR) is 71.8 cm³/mol. The van der Waals surface area contributed by atoms with E-state index in [2.05, 4.69) is 42.9 Å². The third kappa shape index (κ3) is 3.96. The molecule has 1 atom stereocenters. The van der Waals surface area contributed by atoms with Gasteiger partial charge in [-0.05, 0) is 13.8 Å². The van der Waals surface area contributed by atoms with Crippen LogP contribution in [0.1, 0.15) is 13.8 Å². The summed E-state index contributed by atoms with van der Waals surface area (Å²) in [5, 5.41) is 0.244. The Labute approximate surface area is 93.9 Å². The van der Waals surface area contributed by atoms with Gasteiger partial charge in [0.25, 0.3) is 0 Å². The fraction of sp³-hybridized carbons (Fsp3) is 1.00. The van der Waals surface area contributed by atoms with Crippen LogP contribution in [-0.2, 0) is 11.0 Å². The smallest absolute Gasteiger partial charge is 0.126 e. The van der Waals surface area contributed by atoms with Crippen LogP contribution in [0, 0.1) is 0 Å². The first kappa shape index (κ1) is 14.5. The lowest BCUT2D eigenvalue weighted by atomic mass is 10.6. The maximum atomic E-state index is 12.2. The molecule has 0 amide bonds. The highest BCUT2D eigenvalue weighted by Crippen LogP contribution is 2.23. The molecule has 0 unspecified atom stereocenters. The first-order chi connectivity index (χ1) is 5.98. The van der Waals surface area contributed by atoms with E-state index in [1.807, 2.05) is 13.8 Å².